The van der Waals surface area contributed by atoms with Crippen molar-refractivity contribution in [2.75, 3.05) is 13.2 Å². The summed E-state index contributed by atoms with van der Waals surface area (Å²) in [6, 6.07) is 0. The lowest BCUT2D eigenvalue weighted by Crippen LogP contribution is -2.48. The van der Waals surface area contributed by atoms with Gasteiger partial charge in [0.1, 0.15) is 0 Å². The number of hydrogen-bond donors (Lipinski definition) is 0. The van der Waals surface area contributed by atoms with Crippen LogP contribution in [0.4, 0.5) is 22.0 Å². The molecule has 0 radical (unpaired) electrons. The minimum atomic E-state index is -6.03. The summed E-state index contributed by atoms with van der Waals surface area (Å²) in [5, 5.41) is 0. The molecule has 0 bridgehead atoms. The fourth-order valence-electron chi connectivity index (χ4n) is 3.43. The van der Waals surface area contributed by atoms with E-state index >= 15 is 0 Å². The Bertz CT molecular complexity index is 545. The van der Waals surface area contributed by atoms with Crippen LogP contribution in [0, 0.1) is 17.8 Å². The Hall–Kier alpha value is -1.48. The van der Waals surface area contributed by atoms with Crippen molar-refractivity contribution in [3.8, 4) is 0 Å². The van der Waals surface area contributed by atoms with E-state index < -0.39 is 24.5 Å². The van der Waals surface area contributed by atoms with Crippen LogP contribution in [-0.2, 0) is 19.0 Å². The maximum Gasteiger partial charge on any atom is 0.465 e. The molecule has 28 heavy (non-hydrogen) atoms. The van der Waals surface area contributed by atoms with Gasteiger partial charge in [-0.15, -0.1) is 6.58 Å². The molecule has 2 rings (SSSR count). The predicted molar refractivity (Wildman–Crippen MR) is 90.3 cm³/mol. The largest absolute Gasteiger partial charge is 0.465 e. The molecule has 0 aromatic heterocycles. The Morgan fingerprint density at radius 1 is 1.00 bits per heavy atom. The molecule has 1 saturated carbocycles. The van der Waals surface area contributed by atoms with Crippen LogP contribution in [0.5, 0.6) is 0 Å². The van der Waals surface area contributed by atoms with Gasteiger partial charge < -0.3 is 14.2 Å². The molecule has 2 fully saturated rings. The fraction of sp³-hybridized carbons (Fsp3) is 0.737. The normalized spacial score (nSPS) is 29.6. The molecule has 0 aromatic rings. The lowest BCUT2D eigenvalue weighted by Gasteiger charge is -2.37. The molecular weight excluding hydrogens is 387 g/mol. The van der Waals surface area contributed by atoms with E-state index in [1.165, 1.54) is 0 Å². The van der Waals surface area contributed by atoms with Gasteiger partial charge in [-0.2, -0.15) is 22.0 Å². The molecule has 9 heteroatoms. The molecule has 0 amide bonds. The van der Waals surface area contributed by atoms with Crippen LogP contribution >= 0.6 is 0 Å². The highest BCUT2D eigenvalue weighted by Crippen LogP contribution is 2.38. The van der Waals surface area contributed by atoms with Crippen LogP contribution in [0.1, 0.15) is 38.5 Å². The number of allylic oxidation sites excluding steroid dienone is 3. The monoisotopic (exact) mass is 412 g/mol. The first-order valence-corrected chi connectivity index (χ1v) is 9.31. The van der Waals surface area contributed by atoms with Crippen LogP contribution in [0.2, 0.25) is 0 Å². The second-order valence-corrected chi connectivity index (χ2v) is 7.16. The minimum absolute atomic E-state index is 0.0104. The van der Waals surface area contributed by atoms with Gasteiger partial charge in [0.05, 0.1) is 13.2 Å². The van der Waals surface area contributed by atoms with Gasteiger partial charge in [-0.3, -0.25) is 0 Å². The van der Waals surface area contributed by atoms with Crippen molar-refractivity contribution < 1.29 is 41.0 Å². The second-order valence-electron chi connectivity index (χ2n) is 7.16. The van der Waals surface area contributed by atoms with Crippen LogP contribution in [0.25, 0.3) is 0 Å². The van der Waals surface area contributed by atoms with Crippen molar-refractivity contribution in [1.82, 2.24) is 0 Å². The summed E-state index contributed by atoms with van der Waals surface area (Å²) in [7, 11) is 0. The van der Waals surface area contributed by atoms with Gasteiger partial charge in [0.25, 0.3) is 0 Å². The van der Waals surface area contributed by atoms with Crippen molar-refractivity contribution in [1.29, 1.82) is 0 Å². The number of hydrogen-bond acceptors (Lipinski definition) is 4. The zero-order valence-corrected chi connectivity index (χ0v) is 15.4. The molecule has 0 N–H and O–H groups in total. The van der Waals surface area contributed by atoms with Crippen molar-refractivity contribution >= 4 is 5.97 Å². The first kappa shape index (κ1) is 22.8. The second kappa shape index (κ2) is 9.82. The minimum Gasteiger partial charge on any atom is -0.406 e. The maximum absolute atomic E-state index is 12.9. The molecule has 0 unspecified atom stereocenters. The zero-order chi connectivity index (χ0) is 20.8. The van der Waals surface area contributed by atoms with Gasteiger partial charge in [0.2, 0.25) is 0 Å². The van der Waals surface area contributed by atoms with Gasteiger partial charge in [-0.05, 0) is 50.4 Å². The third-order valence-corrected chi connectivity index (χ3v) is 5.14. The molecule has 4 nitrogen and oxygen atoms in total. The lowest BCUT2D eigenvalue weighted by molar-refractivity contribution is -0.335. The van der Waals surface area contributed by atoms with Gasteiger partial charge in [0, 0.05) is 5.92 Å². The Morgan fingerprint density at radius 2 is 1.61 bits per heavy atom. The molecule has 0 atom stereocenters. The van der Waals surface area contributed by atoms with Crippen LogP contribution in [0.15, 0.2) is 24.8 Å². The number of rotatable bonds is 7. The number of ether oxygens (including phenoxy) is 3. The summed E-state index contributed by atoms with van der Waals surface area (Å²) in [5.74, 6) is -7.51. The van der Waals surface area contributed by atoms with Crippen LogP contribution in [-0.4, -0.2) is 37.8 Å². The molecule has 1 heterocycles. The van der Waals surface area contributed by atoms with E-state index in [9.17, 15) is 26.7 Å². The maximum atomic E-state index is 12.9. The molecule has 1 saturated heterocycles. The third kappa shape index (κ3) is 6.01. The molecule has 2 aliphatic rings. The van der Waals surface area contributed by atoms with E-state index in [4.69, 9.17) is 9.47 Å². The summed E-state index contributed by atoms with van der Waals surface area (Å²) in [6.45, 7) is 2.00. The number of carbonyl (C=O) groups is 1. The van der Waals surface area contributed by atoms with Gasteiger partial charge in [-0.1, -0.05) is 18.2 Å². The van der Waals surface area contributed by atoms with E-state index in [-0.39, 0.29) is 19.1 Å². The highest BCUT2D eigenvalue weighted by Gasteiger charge is 2.65. The molecule has 0 spiro atoms. The Kier molecular flexibility index (Phi) is 8.00. The fourth-order valence-corrected chi connectivity index (χ4v) is 3.43. The number of carbonyl (C=O) groups excluding carboxylic acids is 1. The first-order valence-electron chi connectivity index (χ1n) is 9.31. The third-order valence-electron chi connectivity index (χ3n) is 5.14. The molecule has 160 valence electrons. The number of esters is 1. The van der Waals surface area contributed by atoms with Crippen molar-refractivity contribution in [2.45, 2.75) is 57.1 Å². The van der Waals surface area contributed by atoms with Gasteiger partial charge in [0.15, 0.2) is 0 Å². The van der Waals surface area contributed by atoms with Crippen molar-refractivity contribution in [3.63, 3.8) is 0 Å². The average Bonchev–Trinajstić information content (AvgIpc) is 2.65. The Labute approximate surface area is 160 Å². The molecule has 1 aliphatic carbocycles. The SMILES string of the molecule is C=CCCC=CC1CCC(C2COC(OC(=O)C(F)(F)C(F)(F)F)OC2)CC1. The molecule has 0 aromatic carbocycles. The van der Waals surface area contributed by atoms with Crippen molar-refractivity contribution in [2.24, 2.45) is 17.8 Å². The standard InChI is InChI=1S/C19H25F5O4/c1-2-3-4-5-6-13-7-9-14(10-8-13)15-11-26-17(27-12-15)28-16(25)18(20,21)19(22,23)24/h2,5-6,13-15,17H,1,3-4,7-12H2. The van der Waals surface area contributed by atoms with Gasteiger partial charge >= 0.3 is 24.5 Å². The number of unbranched alkanes of at least 4 members (excludes halogenated alkanes) is 1. The average molecular weight is 412 g/mol. The Morgan fingerprint density at radius 3 is 2.14 bits per heavy atom. The highest BCUT2D eigenvalue weighted by molar-refractivity contribution is 5.78. The summed E-state index contributed by atoms with van der Waals surface area (Å²) in [6.07, 6.45) is 6.08. The lowest BCUT2D eigenvalue weighted by atomic mass is 9.76. The van der Waals surface area contributed by atoms with E-state index in [2.05, 4.69) is 23.5 Å². The highest BCUT2D eigenvalue weighted by atomic mass is 19.4. The quantitative estimate of drug-likeness (QED) is 0.255. The van der Waals surface area contributed by atoms with Crippen LogP contribution in [0.3, 0.4) is 0 Å². The first-order chi connectivity index (χ1) is 13.1. The summed E-state index contributed by atoms with van der Waals surface area (Å²) >= 11 is 0. The molecular formula is C19H25F5O4. The van der Waals surface area contributed by atoms with E-state index in [0.29, 0.717) is 11.8 Å². The van der Waals surface area contributed by atoms with Gasteiger partial charge in [-0.25, -0.2) is 4.79 Å². The van der Waals surface area contributed by atoms with E-state index in [1.54, 1.807) is 0 Å². The smallest absolute Gasteiger partial charge is 0.406 e. The summed E-state index contributed by atoms with van der Waals surface area (Å²) in [5.41, 5.74) is 0. The predicted octanol–water partition coefficient (Wildman–Crippen LogP) is 5.00. The number of alkyl halides is 5. The Balaban J connectivity index is 1.72. The summed E-state index contributed by atoms with van der Waals surface area (Å²) in [4.78, 5) is 11.1. The zero-order valence-electron chi connectivity index (χ0n) is 15.4. The topological polar surface area (TPSA) is 44.8 Å². The molecule has 1 aliphatic heterocycles. The van der Waals surface area contributed by atoms with E-state index in [1.807, 2.05) is 6.08 Å². The number of halogens is 5. The van der Waals surface area contributed by atoms with Crippen LogP contribution < -0.4 is 0 Å². The summed E-state index contributed by atoms with van der Waals surface area (Å²) < 4.78 is 76.4. The van der Waals surface area contributed by atoms with E-state index in [0.717, 1.165) is 38.5 Å². The van der Waals surface area contributed by atoms with Crippen molar-refractivity contribution in [3.05, 3.63) is 24.8 Å².